The third-order valence-electron chi connectivity index (χ3n) is 3.89. The molecular formula is C19H20ClNO5S. The first-order valence-corrected chi connectivity index (χ1v) is 10.3. The Balaban J connectivity index is 2.15. The number of aryl methyl sites for hydroxylation is 2. The summed E-state index contributed by atoms with van der Waals surface area (Å²) in [7, 11) is -3.52. The number of benzene rings is 2. The molecular weight excluding hydrogens is 390 g/mol. The van der Waals surface area contributed by atoms with Gasteiger partial charge in [0.15, 0.2) is 15.9 Å². The van der Waals surface area contributed by atoms with Crippen molar-refractivity contribution in [3.63, 3.8) is 0 Å². The van der Waals surface area contributed by atoms with Crippen LogP contribution in [0.15, 0.2) is 41.3 Å². The van der Waals surface area contributed by atoms with Crippen LogP contribution in [0, 0.1) is 13.8 Å². The van der Waals surface area contributed by atoms with Crippen LogP contribution in [0.4, 0.5) is 5.69 Å². The largest absolute Gasteiger partial charge is 0.449 e. The van der Waals surface area contributed by atoms with Gasteiger partial charge in [-0.25, -0.2) is 13.2 Å². The summed E-state index contributed by atoms with van der Waals surface area (Å²) in [5, 5.41) is 2.75. The van der Waals surface area contributed by atoms with Crippen LogP contribution < -0.4 is 5.32 Å². The number of amides is 1. The molecule has 2 aromatic rings. The van der Waals surface area contributed by atoms with E-state index in [9.17, 15) is 18.0 Å². The molecule has 0 saturated carbocycles. The third kappa shape index (κ3) is 5.30. The summed E-state index contributed by atoms with van der Waals surface area (Å²) in [4.78, 5) is 24.6. The van der Waals surface area contributed by atoms with E-state index in [1.807, 2.05) is 32.0 Å². The zero-order valence-electron chi connectivity index (χ0n) is 15.4. The highest BCUT2D eigenvalue weighted by atomic mass is 35.5. The Labute approximate surface area is 163 Å². The van der Waals surface area contributed by atoms with E-state index in [-0.39, 0.29) is 15.5 Å². The zero-order valence-corrected chi connectivity index (χ0v) is 16.9. The molecule has 144 valence electrons. The molecule has 0 aliphatic carbocycles. The highest BCUT2D eigenvalue weighted by molar-refractivity contribution is 7.90. The van der Waals surface area contributed by atoms with Gasteiger partial charge in [0.05, 0.1) is 15.5 Å². The van der Waals surface area contributed by atoms with E-state index >= 15 is 0 Å². The lowest BCUT2D eigenvalue weighted by atomic mass is 10.1. The minimum absolute atomic E-state index is 0.0366. The van der Waals surface area contributed by atoms with Gasteiger partial charge in [-0.1, -0.05) is 23.7 Å². The number of halogens is 1. The fraction of sp³-hybridized carbons (Fsp3) is 0.263. The summed E-state index contributed by atoms with van der Waals surface area (Å²) in [6.45, 7) is 5.17. The Morgan fingerprint density at radius 2 is 1.78 bits per heavy atom. The second-order valence-corrected chi connectivity index (χ2v) is 8.69. The van der Waals surface area contributed by atoms with Crippen LogP contribution in [0.5, 0.6) is 0 Å². The number of anilines is 1. The van der Waals surface area contributed by atoms with Gasteiger partial charge in [-0.15, -0.1) is 0 Å². The molecule has 1 amide bonds. The number of carbonyl (C=O) groups is 2. The number of esters is 1. The third-order valence-corrected chi connectivity index (χ3v) is 5.33. The minimum atomic E-state index is -3.52. The van der Waals surface area contributed by atoms with Gasteiger partial charge in [0, 0.05) is 11.9 Å². The number of carbonyl (C=O) groups excluding carboxylic acids is 2. The molecule has 8 heteroatoms. The van der Waals surface area contributed by atoms with Crippen molar-refractivity contribution >= 4 is 39.0 Å². The van der Waals surface area contributed by atoms with E-state index in [0.717, 1.165) is 23.4 Å². The minimum Gasteiger partial charge on any atom is -0.449 e. The average molecular weight is 410 g/mol. The smallest absolute Gasteiger partial charge is 0.340 e. The lowest BCUT2D eigenvalue weighted by Crippen LogP contribution is -2.30. The number of nitrogens with one attached hydrogen (secondary N) is 1. The number of hydrogen-bond acceptors (Lipinski definition) is 5. The number of rotatable bonds is 5. The standard InChI is InChI=1S/C19H20ClNO5S/c1-11-5-6-12(2)17(9-11)21-18(22)13(3)26-19(23)15-10-14(27(4,24)25)7-8-16(15)20/h5-10,13H,1-4H3,(H,21,22). The fourth-order valence-electron chi connectivity index (χ4n) is 2.27. The maximum absolute atomic E-state index is 12.4. The SMILES string of the molecule is Cc1ccc(C)c(NC(=O)C(C)OC(=O)c2cc(S(C)(=O)=O)ccc2Cl)c1. The van der Waals surface area contributed by atoms with Crippen LogP contribution in [0.2, 0.25) is 5.02 Å². The molecule has 2 rings (SSSR count). The molecule has 0 heterocycles. The lowest BCUT2D eigenvalue weighted by molar-refractivity contribution is -0.123. The van der Waals surface area contributed by atoms with E-state index in [1.54, 1.807) is 0 Å². The fourth-order valence-corrected chi connectivity index (χ4v) is 3.12. The number of ether oxygens (including phenoxy) is 1. The first-order valence-electron chi connectivity index (χ1n) is 8.07. The van der Waals surface area contributed by atoms with Gasteiger partial charge >= 0.3 is 5.97 Å². The van der Waals surface area contributed by atoms with Crippen molar-refractivity contribution in [1.82, 2.24) is 0 Å². The van der Waals surface area contributed by atoms with E-state index in [0.29, 0.717) is 5.69 Å². The monoisotopic (exact) mass is 409 g/mol. The van der Waals surface area contributed by atoms with Crippen LogP contribution in [-0.2, 0) is 19.4 Å². The van der Waals surface area contributed by atoms with Gasteiger partial charge in [-0.05, 0) is 56.2 Å². The van der Waals surface area contributed by atoms with Gasteiger partial charge in [0.1, 0.15) is 0 Å². The molecule has 0 radical (unpaired) electrons. The van der Waals surface area contributed by atoms with Crippen molar-refractivity contribution in [3.8, 4) is 0 Å². The molecule has 0 aromatic heterocycles. The van der Waals surface area contributed by atoms with Crippen LogP contribution in [0.25, 0.3) is 0 Å². The number of hydrogen-bond donors (Lipinski definition) is 1. The molecule has 0 fully saturated rings. The predicted molar refractivity (Wildman–Crippen MR) is 104 cm³/mol. The van der Waals surface area contributed by atoms with Crippen molar-refractivity contribution in [2.45, 2.75) is 31.8 Å². The molecule has 0 aliphatic rings. The molecule has 0 saturated heterocycles. The predicted octanol–water partition coefficient (Wildman–Crippen LogP) is 3.54. The molecule has 2 aromatic carbocycles. The Morgan fingerprint density at radius 1 is 1.11 bits per heavy atom. The van der Waals surface area contributed by atoms with Gasteiger partial charge in [-0.3, -0.25) is 4.79 Å². The van der Waals surface area contributed by atoms with Crippen molar-refractivity contribution < 1.29 is 22.7 Å². The first kappa shape index (κ1) is 20.9. The van der Waals surface area contributed by atoms with Crippen LogP contribution in [-0.4, -0.2) is 32.7 Å². The van der Waals surface area contributed by atoms with E-state index < -0.39 is 27.8 Å². The van der Waals surface area contributed by atoms with E-state index in [1.165, 1.54) is 19.1 Å². The van der Waals surface area contributed by atoms with Gasteiger partial charge in [-0.2, -0.15) is 0 Å². The van der Waals surface area contributed by atoms with Crippen LogP contribution in [0.1, 0.15) is 28.4 Å². The highest BCUT2D eigenvalue weighted by Crippen LogP contribution is 2.22. The maximum Gasteiger partial charge on any atom is 0.340 e. The van der Waals surface area contributed by atoms with Crippen molar-refractivity contribution in [1.29, 1.82) is 0 Å². The van der Waals surface area contributed by atoms with E-state index in [4.69, 9.17) is 16.3 Å². The molecule has 27 heavy (non-hydrogen) atoms. The molecule has 6 nitrogen and oxygen atoms in total. The van der Waals surface area contributed by atoms with E-state index in [2.05, 4.69) is 5.32 Å². The molecule has 0 aliphatic heterocycles. The maximum atomic E-state index is 12.4. The first-order chi connectivity index (χ1) is 12.5. The van der Waals surface area contributed by atoms with Crippen LogP contribution >= 0.6 is 11.6 Å². The topological polar surface area (TPSA) is 89.5 Å². The van der Waals surface area contributed by atoms with Crippen molar-refractivity contribution in [2.75, 3.05) is 11.6 Å². The highest BCUT2D eigenvalue weighted by Gasteiger charge is 2.22. The summed E-state index contributed by atoms with van der Waals surface area (Å²) < 4.78 is 28.5. The summed E-state index contributed by atoms with van der Waals surface area (Å²) in [5.74, 6) is -1.39. The summed E-state index contributed by atoms with van der Waals surface area (Å²) >= 11 is 5.98. The molecule has 1 N–H and O–H groups in total. The second kappa shape index (κ2) is 8.10. The Hall–Kier alpha value is -2.38. The molecule has 0 spiro atoms. The zero-order chi connectivity index (χ0) is 20.4. The normalized spacial score (nSPS) is 12.3. The molecule has 1 unspecified atom stereocenters. The van der Waals surface area contributed by atoms with Crippen LogP contribution in [0.3, 0.4) is 0 Å². The lowest BCUT2D eigenvalue weighted by Gasteiger charge is -2.16. The summed E-state index contributed by atoms with van der Waals surface area (Å²) in [6, 6.07) is 9.34. The number of sulfone groups is 1. The Bertz CT molecular complexity index is 1000. The van der Waals surface area contributed by atoms with Crippen molar-refractivity contribution in [3.05, 3.63) is 58.1 Å². The molecule has 1 atom stereocenters. The molecule has 0 bridgehead atoms. The quantitative estimate of drug-likeness (QED) is 0.763. The van der Waals surface area contributed by atoms with Gasteiger partial charge in [0.25, 0.3) is 5.91 Å². The average Bonchev–Trinajstić information content (AvgIpc) is 2.57. The summed E-state index contributed by atoms with van der Waals surface area (Å²) in [5.41, 5.74) is 2.35. The van der Waals surface area contributed by atoms with Crippen molar-refractivity contribution in [2.24, 2.45) is 0 Å². The summed E-state index contributed by atoms with van der Waals surface area (Å²) in [6.07, 6.45) is -0.0821. The van der Waals surface area contributed by atoms with Gasteiger partial charge < -0.3 is 10.1 Å². The Kier molecular flexibility index (Phi) is 6.28. The second-order valence-electron chi connectivity index (χ2n) is 6.27. The Morgan fingerprint density at radius 3 is 2.41 bits per heavy atom. The van der Waals surface area contributed by atoms with Gasteiger partial charge in [0.2, 0.25) is 0 Å².